The molecule has 1 aliphatic rings. The molecular formula is C22H19ClF2N4. The van der Waals surface area contributed by atoms with Crippen molar-refractivity contribution < 1.29 is 8.78 Å². The van der Waals surface area contributed by atoms with Gasteiger partial charge in [-0.3, -0.25) is 4.68 Å². The molecule has 0 fully saturated rings. The first-order valence-corrected chi connectivity index (χ1v) is 9.22. The number of nitrogens with zero attached hydrogens (tertiary/aromatic N) is 3. The molecule has 4 aromatic rings. The average molecular weight is 413 g/mol. The Hall–Kier alpha value is -2.83. The highest BCUT2D eigenvalue weighted by atomic mass is 35.5. The van der Waals surface area contributed by atoms with Gasteiger partial charge in [0, 0.05) is 36.1 Å². The minimum atomic E-state index is -0.413. The Morgan fingerprint density at radius 2 is 1.72 bits per heavy atom. The lowest BCUT2D eigenvalue weighted by atomic mass is 9.98. The second kappa shape index (κ2) is 7.54. The van der Waals surface area contributed by atoms with Gasteiger partial charge in [-0.05, 0) is 54.4 Å². The summed E-state index contributed by atoms with van der Waals surface area (Å²) in [5, 5.41) is 8.80. The molecule has 2 aromatic heterocycles. The third-order valence-corrected chi connectivity index (χ3v) is 5.15. The Kier molecular flexibility index (Phi) is 5.06. The number of nitrogens with one attached hydrogen (secondary N) is 1. The SMILES string of the molecule is Cl.Cn1cc2cc(-c3ccc4cc(C5=CCNCC5)cc(F)c4n3)cc(F)c2n1. The van der Waals surface area contributed by atoms with Crippen LogP contribution in [-0.4, -0.2) is 27.9 Å². The number of benzene rings is 2. The molecule has 3 heterocycles. The first kappa shape index (κ1) is 19.5. The van der Waals surface area contributed by atoms with E-state index in [9.17, 15) is 8.78 Å². The van der Waals surface area contributed by atoms with Gasteiger partial charge in [-0.25, -0.2) is 13.8 Å². The molecule has 0 radical (unpaired) electrons. The monoisotopic (exact) mass is 412 g/mol. The summed E-state index contributed by atoms with van der Waals surface area (Å²) in [6, 6.07) is 10.4. The molecule has 0 amide bonds. The largest absolute Gasteiger partial charge is 0.313 e. The maximum atomic E-state index is 14.8. The van der Waals surface area contributed by atoms with E-state index in [4.69, 9.17) is 0 Å². The van der Waals surface area contributed by atoms with Crippen molar-refractivity contribution in [3.8, 4) is 11.3 Å². The molecule has 148 valence electrons. The van der Waals surface area contributed by atoms with E-state index in [1.54, 1.807) is 30.1 Å². The number of rotatable bonds is 2. The second-order valence-electron chi connectivity index (χ2n) is 7.11. The van der Waals surface area contributed by atoms with Crippen molar-refractivity contribution in [1.29, 1.82) is 0 Å². The standard InChI is InChI=1S/C22H18F2N4.ClH/c1-28-12-17-9-16(11-19(24)22(17)27-28)20-3-2-14-8-15(10-18(23)21(14)26-20)13-4-6-25-7-5-13;/h2-4,8-12,25H,5-7H2,1H3;1H. The molecule has 2 aromatic carbocycles. The Morgan fingerprint density at radius 1 is 0.966 bits per heavy atom. The Bertz CT molecular complexity index is 1260. The molecule has 0 saturated carbocycles. The average Bonchev–Trinajstić information content (AvgIpc) is 3.09. The van der Waals surface area contributed by atoms with Crippen LogP contribution in [0.5, 0.6) is 0 Å². The number of pyridine rings is 1. The predicted octanol–water partition coefficient (Wildman–Crippen LogP) is 4.87. The summed E-state index contributed by atoms with van der Waals surface area (Å²) < 4.78 is 30.8. The number of halogens is 3. The molecule has 0 atom stereocenters. The van der Waals surface area contributed by atoms with Gasteiger partial charge < -0.3 is 5.32 Å². The van der Waals surface area contributed by atoms with Crippen molar-refractivity contribution >= 4 is 39.8 Å². The molecule has 0 bridgehead atoms. The molecule has 0 aliphatic carbocycles. The van der Waals surface area contributed by atoms with E-state index >= 15 is 0 Å². The molecule has 0 saturated heterocycles. The normalized spacial score (nSPS) is 14.1. The fraction of sp³-hybridized carbons (Fsp3) is 0.182. The van der Waals surface area contributed by atoms with Crippen LogP contribution >= 0.6 is 12.4 Å². The van der Waals surface area contributed by atoms with Crippen LogP contribution in [0.2, 0.25) is 0 Å². The van der Waals surface area contributed by atoms with Crippen molar-refractivity contribution in [2.24, 2.45) is 7.05 Å². The number of fused-ring (bicyclic) bond motifs is 2. The predicted molar refractivity (Wildman–Crippen MR) is 114 cm³/mol. The highest BCUT2D eigenvalue weighted by Crippen LogP contribution is 2.30. The van der Waals surface area contributed by atoms with E-state index in [-0.39, 0.29) is 18.2 Å². The minimum Gasteiger partial charge on any atom is -0.313 e. The molecular weight excluding hydrogens is 394 g/mol. The lowest BCUT2D eigenvalue weighted by Crippen LogP contribution is -2.20. The Morgan fingerprint density at radius 3 is 2.52 bits per heavy atom. The molecule has 1 aliphatic heterocycles. The number of aromatic nitrogens is 3. The Labute approximate surface area is 172 Å². The lowest BCUT2D eigenvalue weighted by molar-refractivity contribution is 0.632. The van der Waals surface area contributed by atoms with Crippen molar-refractivity contribution in [3.63, 3.8) is 0 Å². The van der Waals surface area contributed by atoms with Gasteiger partial charge in [-0.1, -0.05) is 12.1 Å². The van der Waals surface area contributed by atoms with Crippen LogP contribution in [0.3, 0.4) is 0 Å². The van der Waals surface area contributed by atoms with Gasteiger partial charge in [0.1, 0.15) is 16.9 Å². The van der Waals surface area contributed by atoms with Crippen LogP contribution in [0.25, 0.3) is 38.6 Å². The van der Waals surface area contributed by atoms with E-state index in [1.807, 2.05) is 18.2 Å². The molecule has 5 rings (SSSR count). The second-order valence-corrected chi connectivity index (χ2v) is 7.11. The maximum Gasteiger partial charge on any atom is 0.151 e. The summed E-state index contributed by atoms with van der Waals surface area (Å²) in [4.78, 5) is 4.49. The zero-order valence-corrected chi connectivity index (χ0v) is 16.6. The van der Waals surface area contributed by atoms with E-state index < -0.39 is 5.82 Å². The summed E-state index contributed by atoms with van der Waals surface area (Å²) >= 11 is 0. The quantitative estimate of drug-likeness (QED) is 0.511. The van der Waals surface area contributed by atoms with Gasteiger partial charge >= 0.3 is 0 Å². The van der Waals surface area contributed by atoms with E-state index in [0.717, 1.165) is 36.0 Å². The lowest BCUT2D eigenvalue weighted by Gasteiger charge is -2.15. The van der Waals surface area contributed by atoms with Crippen molar-refractivity contribution in [2.45, 2.75) is 6.42 Å². The van der Waals surface area contributed by atoms with Gasteiger partial charge in [0.15, 0.2) is 5.82 Å². The molecule has 1 N–H and O–H groups in total. The number of hydrogen-bond acceptors (Lipinski definition) is 3. The van der Waals surface area contributed by atoms with Crippen molar-refractivity contribution in [2.75, 3.05) is 13.1 Å². The van der Waals surface area contributed by atoms with Gasteiger partial charge in [-0.2, -0.15) is 5.10 Å². The van der Waals surface area contributed by atoms with Crippen LogP contribution in [-0.2, 0) is 7.05 Å². The van der Waals surface area contributed by atoms with Gasteiger partial charge in [0.05, 0.1) is 5.69 Å². The highest BCUT2D eigenvalue weighted by Gasteiger charge is 2.14. The first-order chi connectivity index (χ1) is 13.6. The third kappa shape index (κ3) is 3.50. The minimum absolute atomic E-state index is 0. The van der Waals surface area contributed by atoms with Gasteiger partial charge in [-0.15, -0.1) is 12.4 Å². The molecule has 4 nitrogen and oxygen atoms in total. The maximum absolute atomic E-state index is 14.8. The number of aryl methyl sites for hydroxylation is 1. The van der Waals surface area contributed by atoms with Crippen LogP contribution in [0.4, 0.5) is 8.78 Å². The summed E-state index contributed by atoms with van der Waals surface area (Å²) in [5.74, 6) is -0.777. The van der Waals surface area contributed by atoms with Crippen LogP contribution in [0.1, 0.15) is 12.0 Å². The van der Waals surface area contributed by atoms with Crippen LogP contribution in [0.15, 0.2) is 48.7 Å². The highest BCUT2D eigenvalue weighted by molar-refractivity contribution is 5.88. The molecule has 0 spiro atoms. The first-order valence-electron chi connectivity index (χ1n) is 9.22. The topological polar surface area (TPSA) is 42.7 Å². The van der Waals surface area contributed by atoms with Crippen LogP contribution < -0.4 is 5.32 Å². The van der Waals surface area contributed by atoms with Crippen molar-refractivity contribution in [1.82, 2.24) is 20.1 Å². The van der Waals surface area contributed by atoms with E-state index in [0.29, 0.717) is 27.7 Å². The third-order valence-electron chi connectivity index (χ3n) is 5.15. The van der Waals surface area contributed by atoms with Gasteiger partial charge in [0.2, 0.25) is 0 Å². The fourth-order valence-corrected chi connectivity index (χ4v) is 3.78. The fourth-order valence-electron chi connectivity index (χ4n) is 3.78. The zero-order chi connectivity index (χ0) is 19.3. The van der Waals surface area contributed by atoms with Crippen molar-refractivity contribution in [3.05, 3.63) is 65.9 Å². The van der Waals surface area contributed by atoms with Gasteiger partial charge in [0.25, 0.3) is 0 Å². The molecule has 7 heteroatoms. The smallest absolute Gasteiger partial charge is 0.151 e. The molecule has 29 heavy (non-hydrogen) atoms. The Balaban J connectivity index is 0.00000205. The molecule has 0 unspecified atom stereocenters. The zero-order valence-electron chi connectivity index (χ0n) is 15.7. The number of hydrogen-bond donors (Lipinski definition) is 1. The van der Waals surface area contributed by atoms with E-state index in [2.05, 4.69) is 21.5 Å². The summed E-state index contributed by atoms with van der Waals surface area (Å²) in [6.45, 7) is 1.69. The summed E-state index contributed by atoms with van der Waals surface area (Å²) in [7, 11) is 1.75. The summed E-state index contributed by atoms with van der Waals surface area (Å²) in [6.07, 6.45) is 4.72. The van der Waals surface area contributed by atoms with E-state index in [1.165, 1.54) is 6.07 Å². The van der Waals surface area contributed by atoms with Crippen LogP contribution in [0, 0.1) is 11.6 Å². The summed E-state index contributed by atoms with van der Waals surface area (Å²) in [5.41, 5.74) is 3.78.